The molecule has 0 saturated heterocycles. The summed E-state index contributed by atoms with van der Waals surface area (Å²) in [5.74, 6) is 0. The van der Waals surface area contributed by atoms with Gasteiger partial charge in [0.1, 0.15) is 0 Å². The van der Waals surface area contributed by atoms with E-state index in [1.54, 1.807) is 0 Å². The van der Waals surface area contributed by atoms with Gasteiger partial charge in [0.25, 0.3) is 0 Å². The molecular formula is C13H14PPd. The first kappa shape index (κ1) is 11.0. The summed E-state index contributed by atoms with van der Waals surface area (Å²) < 4.78 is 0. The molecule has 0 saturated carbocycles. The molecule has 2 aromatic rings. The zero-order valence-corrected chi connectivity index (χ0v) is 11.1. The van der Waals surface area contributed by atoms with Crippen molar-refractivity contribution in [3.8, 4) is 0 Å². The van der Waals surface area contributed by atoms with Crippen LogP contribution in [0.4, 0.5) is 0 Å². The van der Waals surface area contributed by atoms with E-state index in [0.717, 1.165) is 0 Å². The standard InChI is InChI=1S/C13H13P.Pd/c1-14(12-8-4-2-5-9-12)13-10-6-3-7-11-13;/h2-11H,1H3;/q;-1/p+1. The molecule has 0 heterocycles. The van der Waals surface area contributed by atoms with Crippen LogP contribution in [0.1, 0.15) is 0 Å². The fourth-order valence-electron chi connectivity index (χ4n) is 1.65. The number of benzene rings is 2. The van der Waals surface area contributed by atoms with Gasteiger partial charge in [-0.15, -0.1) is 0 Å². The van der Waals surface area contributed by atoms with E-state index in [-0.39, 0.29) is 0 Å². The molecule has 15 heavy (non-hydrogen) atoms. The van der Waals surface area contributed by atoms with Crippen molar-refractivity contribution in [2.45, 2.75) is 0 Å². The average molecular weight is 308 g/mol. The molecule has 0 aliphatic carbocycles. The van der Waals surface area contributed by atoms with Gasteiger partial charge in [-0.25, -0.2) is 0 Å². The fraction of sp³-hybridized carbons (Fsp3) is 0.0769. The molecule has 0 unspecified atom stereocenters. The minimum absolute atomic E-state index is 1.43. The molecule has 0 spiro atoms. The van der Waals surface area contributed by atoms with Gasteiger partial charge >= 0.3 is 102 Å². The van der Waals surface area contributed by atoms with Crippen molar-refractivity contribution in [3.05, 3.63) is 60.7 Å². The Labute approximate surface area is 102 Å². The number of hydrogen-bond donors (Lipinski definition) is 0. The second-order valence-corrected chi connectivity index (χ2v) is 11.4. The number of rotatable bonds is 2. The van der Waals surface area contributed by atoms with Crippen molar-refractivity contribution in [1.82, 2.24) is 0 Å². The molecule has 0 aliphatic rings. The van der Waals surface area contributed by atoms with Crippen LogP contribution in [0.3, 0.4) is 0 Å². The Balaban J connectivity index is 2.44. The molecule has 2 aromatic carbocycles. The van der Waals surface area contributed by atoms with Gasteiger partial charge < -0.3 is 0 Å². The summed E-state index contributed by atoms with van der Waals surface area (Å²) in [6.07, 6.45) is 0. The molecule has 81 valence electrons. The Morgan fingerprint density at radius 2 is 1.07 bits per heavy atom. The minimum atomic E-state index is -1.61. The van der Waals surface area contributed by atoms with Gasteiger partial charge in [0, 0.05) is 0 Å². The molecule has 0 amide bonds. The molecule has 0 aliphatic heterocycles. The third kappa shape index (κ3) is 2.37. The van der Waals surface area contributed by atoms with E-state index in [1.165, 1.54) is 10.6 Å². The van der Waals surface area contributed by atoms with E-state index >= 15 is 0 Å². The summed E-state index contributed by atoms with van der Waals surface area (Å²) in [6, 6.07) is 21.4. The van der Waals surface area contributed by atoms with Crippen molar-refractivity contribution in [2.75, 3.05) is 6.66 Å². The van der Waals surface area contributed by atoms with Crippen LogP contribution in [0.2, 0.25) is 0 Å². The van der Waals surface area contributed by atoms with Crippen LogP contribution in [-0.4, -0.2) is 6.66 Å². The summed E-state index contributed by atoms with van der Waals surface area (Å²) >= 11 is 3.63. The van der Waals surface area contributed by atoms with E-state index in [1.807, 2.05) is 0 Å². The third-order valence-corrected chi connectivity index (χ3v) is 8.05. The summed E-state index contributed by atoms with van der Waals surface area (Å²) in [6.45, 7) is 2.33. The SMILES string of the molecule is C[PH]([Pd])(c1ccccc1)c1ccccc1. The second kappa shape index (κ2) is 4.58. The summed E-state index contributed by atoms with van der Waals surface area (Å²) in [7, 11) is 0. The summed E-state index contributed by atoms with van der Waals surface area (Å²) in [5, 5.41) is 2.86. The Bertz CT molecular complexity index is 381. The van der Waals surface area contributed by atoms with Crippen molar-refractivity contribution in [1.29, 1.82) is 0 Å². The monoisotopic (exact) mass is 307 g/mol. The van der Waals surface area contributed by atoms with Crippen molar-refractivity contribution in [3.63, 3.8) is 0 Å². The van der Waals surface area contributed by atoms with Gasteiger partial charge in [0.15, 0.2) is 0 Å². The van der Waals surface area contributed by atoms with Crippen molar-refractivity contribution < 1.29 is 18.7 Å². The molecule has 0 fully saturated rings. The first-order valence-electron chi connectivity index (χ1n) is 4.98. The van der Waals surface area contributed by atoms with Gasteiger partial charge in [-0.3, -0.25) is 0 Å². The van der Waals surface area contributed by atoms with Gasteiger partial charge in [-0.05, 0) is 0 Å². The molecule has 0 bridgehead atoms. The molecule has 0 nitrogen and oxygen atoms in total. The van der Waals surface area contributed by atoms with Crippen LogP contribution < -0.4 is 10.6 Å². The van der Waals surface area contributed by atoms with Crippen molar-refractivity contribution >= 4 is 16.1 Å². The van der Waals surface area contributed by atoms with E-state index < -0.39 is 5.45 Å². The van der Waals surface area contributed by atoms with E-state index in [4.69, 9.17) is 0 Å². The maximum atomic E-state index is 3.63. The first-order chi connectivity index (χ1) is 7.21. The summed E-state index contributed by atoms with van der Waals surface area (Å²) in [4.78, 5) is 0. The van der Waals surface area contributed by atoms with Gasteiger partial charge in [-0.2, -0.15) is 0 Å². The van der Waals surface area contributed by atoms with E-state index in [2.05, 4.69) is 86.0 Å². The first-order valence-corrected chi connectivity index (χ1v) is 9.63. The van der Waals surface area contributed by atoms with Crippen LogP contribution in [0.5, 0.6) is 0 Å². The zero-order valence-electron chi connectivity index (χ0n) is 8.59. The van der Waals surface area contributed by atoms with Gasteiger partial charge in [-0.1, -0.05) is 0 Å². The Kier molecular flexibility index (Phi) is 3.37. The Hall–Kier alpha value is -0.468. The average Bonchev–Trinajstić information content (AvgIpc) is 2.31. The predicted molar refractivity (Wildman–Crippen MR) is 66.4 cm³/mol. The van der Waals surface area contributed by atoms with Crippen LogP contribution in [0, 0.1) is 0 Å². The topological polar surface area (TPSA) is 0 Å². The van der Waals surface area contributed by atoms with Crippen LogP contribution in [0.15, 0.2) is 60.7 Å². The van der Waals surface area contributed by atoms with E-state index in [9.17, 15) is 0 Å². The van der Waals surface area contributed by atoms with Crippen molar-refractivity contribution in [2.24, 2.45) is 0 Å². The molecule has 0 atom stereocenters. The van der Waals surface area contributed by atoms with Crippen LogP contribution >= 0.6 is 5.45 Å². The second-order valence-electron chi connectivity index (χ2n) is 3.67. The summed E-state index contributed by atoms with van der Waals surface area (Å²) in [5.41, 5.74) is -1.61. The molecule has 0 aromatic heterocycles. The number of hydrogen-bond acceptors (Lipinski definition) is 0. The molecule has 2 rings (SSSR count). The molecule has 0 N–H and O–H groups in total. The normalized spacial score (nSPS) is 12.5. The third-order valence-electron chi connectivity index (χ3n) is 2.60. The van der Waals surface area contributed by atoms with E-state index in [0.29, 0.717) is 0 Å². The van der Waals surface area contributed by atoms with Crippen LogP contribution in [-0.2, 0) is 18.7 Å². The van der Waals surface area contributed by atoms with Gasteiger partial charge in [0.2, 0.25) is 0 Å². The fourth-order valence-corrected chi connectivity index (χ4v) is 5.13. The predicted octanol–water partition coefficient (Wildman–Crippen LogP) is 2.48. The Morgan fingerprint density at radius 1 is 0.733 bits per heavy atom. The van der Waals surface area contributed by atoms with Gasteiger partial charge in [0.05, 0.1) is 0 Å². The molecule has 0 radical (unpaired) electrons. The molecule has 2 heteroatoms. The zero-order chi connectivity index (χ0) is 10.7. The maximum absolute atomic E-state index is 3.63. The Morgan fingerprint density at radius 3 is 1.40 bits per heavy atom. The quantitative estimate of drug-likeness (QED) is 0.591. The molecular weight excluding hydrogens is 294 g/mol. The van der Waals surface area contributed by atoms with Crippen LogP contribution in [0.25, 0.3) is 0 Å².